The van der Waals surface area contributed by atoms with E-state index >= 15 is 0 Å². The van der Waals surface area contributed by atoms with Gasteiger partial charge in [-0.15, -0.1) is 0 Å². The van der Waals surface area contributed by atoms with Crippen molar-refractivity contribution in [3.63, 3.8) is 0 Å². The summed E-state index contributed by atoms with van der Waals surface area (Å²) in [4.78, 5) is 15.1. The second kappa shape index (κ2) is 8.46. The van der Waals surface area contributed by atoms with Gasteiger partial charge in [0.15, 0.2) is 5.78 Å². The molecular formula is C19H30N2O2. The normalized spacial score (nSPS) is 17.3. The van der Waals surface area contributed by atoms with Crippen LogP contribution in [0.5, 0.6) is 0 Å². The van der Waals surface area contributed by atoms with Crippen LogP contribution in [0.15, 0.2) is 18.2 Å². The number of carbonyl (C=O) groups excluding carboxylic acids is 1. The molecule has 23 heavy (non-hydrogen) atoms. The fourth-order valence-electron chi connectivity index (χ4n) is 3.16. The third-order valence-electron chi connectivity index (χ3n) is 4.67. The summed E-state index contributed by atoms with van der Waals surface area (Å²) in [6.07, 6.45) is 2.84. The number of aliphatic hydroxyl groups is 1. The van der Waals surface area contributed by atoms with Gasteiger partial charge in [0, 0.05) is 43.3 Å². The Kier molecular flexibility index (Phi) is 6.60. The monoisotopic (exact) mass is 318 g/mol. The number of hydrogen-bond donors (Lipinski definition) is 2. The SMILES string of the molecule is Cc1ccc(C(=O)CC(C)NCCO)c(N2CCC(C)CC2)c1. The molecule has 1 fully saturated rings. The fraction of sp³-hybridized carbons (Fsp3) is 0.632. The van der Waals surface area contributed by atoms with E-state index < -0.39 is 0 Å². The van der Waals surface area contributed by atoms with E-state index in [1.165, 1.54) is 18.4 Å². The van der Waals surface area contributed by atoms with E-state index in [9.17, 15) is 4.79 Å². The van der Waals surface area contributed by atoms with Gasteiger partial charge in [0.05, 0.1) is 6.61 Å². The molecule has 4 nitrogen and oxygen atoms in total. The lowest BCUT2D eigenvalue weighted by atomic mass is 9.95. The number of aryl methyl sites for hydroxylation is 1. The number of rotatable bonds is 7. The molecule has 1 aliphatic rings. The Balaban J connectivity index is 2.13. The van der Waals surface area contributed by atoms with Gasteiger partial charge in [-0.2, -0.15) is 0 Å². The highest BCUT2D eigenvalue weighted by molar-refractivity contribution is 6.01. The second-order valence-corrected chi connectivity index (χ2v) is 6.90. The number of carbonyl (C=O) groups is 1. The molecule has 2 rings (SSSR count). The number of hydrogen-bond acceptors (Lipinski definition) is 4. The quantitative estimate of drug-likeness (QED) is 0.759. The highest BCUT2D eigenvalue weighted by Gasteiger charge is 2.22. The number of Topliss-reactive ketones (excluding diaryl/α,β-unsaturated/α-hetero) is 1. The van der Waals surface area contributed by atoms with Gasteiger partial charge in [0.25, 0.3) is 0 Å². The zero-order chi connectivity index (χ0) is 16.8. The average Bonchev–Trinajstić information content (AvgIpc) is 2.53. The van der Waals surface area contributed by atoms with Crippen LogP contribution in [-0.2, 0) is 0 Å². The smallest absolute Gasteiger partial charge is 0.166 e. The highest BCUT2D eigenvalue weighted by atomic mass is 16.3. The second-order valence-electron chi connectivity index (χ2n) is 6.90. The number of piperidine rings is 1. The van der Waals surface area contributed by atoms with Crippen LogP contribution in [0.2, 0.25) is 0 Å². The van der Waals surface area contributed by atoms with Gasteiger partial charge in [-0.25, -0.2) is 0 Å². The first-order valence-corrected chi connectivity index (χ1v) is 8.74. The molecule has 1 saturated heterocycles. The van der Waals surface area contributed by atoms with E-state index in [0.717, 1.165) is 30.3 Å². The van der Waals surface area contributed by atoms with E-state index in [1.54, 1.807) is 0 Å². The maximum atomic E-state index is 12.7. The van der Waals surface area contributed by atoms with Crippen LogP contribution in [0.4, 0.5) is 5.69 Å². The predicted octanol–water partition coefficient (Wildman–Crippen LogP) is 2.77. The van der Waals surface area contributed by atoms with Gasteiger partial charge in [0.1, 0.15) is 0 Å². The Morgan fingerprint density at radius 3 is 2.74 bits per heavy atom. The van der Waals surface area contributed by atoms with E-state index in [2.05, 4.69) is 30.1 Å². The lowest BCUT2D eigenvalue weighted by Gasteiger charge is -2.33. The summed E-state index contributed by atoms with van der Waals surface area (Å²) in [5.41, 5.74) is 3.13. The zero-order valence-electron chi connectivity index (χ0n) is 14.6. The van der Waals surface area contributed by atoms with Crippen LogP contribution in [-0.4, -0.2) is 43.2 Å². The van der Waals surface area contributed by atoms with Crippen molar-refractivity contribution in [2.24, 2.45) is 5.92 Å². The third-order valence-corrected chi connectivity index (χ3v) is 4.67. The molecule has 1 aromatic carbocycles. The van der Waals surface area contributed by atoms with Crippen molar-refractivity contribution in [2.45, 2.75) is 46.1 Å². The van der Waals surface area contributed by atoms with Gasteiger partial charge in [0.2, 0.25) is 0 Å². The van der Waals surface area contributed by atoms with Crippen LogP contribution >= 0.6 is 0 Å². The summed E-state index contributed by atoms with van der Waals surface area (Å²) in [6, 6.07) is 6.22. The molecule has 128 valence electrons. The van der Waals surface area contributed by atoms with Crippen molar-refractivity contribution < 1.29 is 9.90 Å². The number of aliphatic hydroxyl groups excluding tert-OH is 1. The minimum Gasteiger partial charge on any atom is -0.395 e. The standard InChI is InChI=1S/C19H30N2O2/c1-14-6-9-21(10-7-14)18-12-15(2)4-5-17(18)19(23)13-16(3)20-8-11-22/h4-5,12,14,16,20,22H,6-11,13H2,1-3H3. The maximum absolute atomic E-state index is 12.7. The summed E-state index contributed by atoms with van der Waals surface area (Å²) in [6.45, 7) is 9.06. The topological polar surface area (TPSA) is 52.6 Å². The summed E-state index contributed by atoms with van der Waals surface area (Å²) in [5, 5.41) is 12.0. The van der Waals surface area contributed by atoms with Crippen LogP contribution < -0.4 is 10.2 Å². The molecular weight excluding hydrogens is 288 g/mol. The van der Waals surface area contributed by atoms with Crippen molar-refractivity contribution in [2.75, 3.05) is 31.1 Å². The van der Waals surface area contributed by atoms with Crippen LogP contribution in [0, 0.1) is 12.8 Å². The number of nitrogens with one attached hydrogen (secondary N) is 1. The molecule has 0 saturated carbocycles. The molecule has 1 atom stereocenters. The number of ketones is 1. The van der Waals surface area contributed by atoms with Crippen molar-refractivity contribution in [3.05, 3.63) is 29.3 Å². The molecule has 1 aliphatic heterocycles. The molecule has 0 amide bonds. The van der Waals surface area contributed by atoms with E-state index in [1.807, 2.05) is 19.1 Å². The third kappa shape index (κ3) is 5.05. The van der Waals surface area contributed by atoms with Gasteiger partial charge in [-0.1, -0.05) is 13.0 Å². The van der Waals surface area contributed by atoms with Crippen LogP contribution in [0.1, 0.15) is 49.0 Å². The van der Waals surface area contributed by atoms with E-state index in [-0.39, 0.29) is 18.4 Å². The van der Waals surface area contributed by atoms with E-state index in [0.29, 0.717) is 13.0 Å². The Hall–Kier alpha value is -1.39. The molecule has 1 unspecified atom stereocenters. The number of anilines is 1. The Morgan fingerprint density at radius 2 is 2.09 bits per heavy atom. The highest BCUT2D eigenvalue weighted by Crippen LogP contribution is 2.28. The molecule has 1 aromatic rings. The Labute approximate surface area is 139 Å². The summed E-state index contributed by atoms with van der Waals surface area (Å²) in [5.74, 6) is 0.953. The molecule has 0 bridgehead atoms. The molecule has 0 radical (unpaired) electrons. The van der Waals surface area contributed by atoms with Crippen molar-refractivity contribution in [1.82, 2.24) is 5.32 Å². The first-order chi connectivity index (χ1) is 11.0. The Morgan fingerprint density at radius 1 is 1.39 bits per heavy atom. The number of benzene rings is 1. The molecule has 4 heteroatoms. The van der Waals surface area contributed by atoms with Gasteiger partial charge in [-0.05, 0) is 50.3 Å². The van der Waals surface area contributed by atoms with Crippen molar-refractivity contribution >= 4 is 11.5 Å². The zero-order valence-corrected chi connectivity index (χ0v) is 14.6. The molecule has 0 aliphatic carbocycles. The van der Waals surface area contributed by atoms with Crippen LogP contribution in [0.3, 0.4) is 0 Å². The number of nitrogens with zero attached hydrogens (tertiary/aromatic N) is 1. The fourth-order valence-corrected chi connectivity index (χ4v) is 3.16. The van der Waals surface area contributed by atoms with E-state index in [4.69, 9.17) is 5.11 Å². The molecule has 1 heterocycles. The Bertz CT molecular complexity index is 522. The van der Waals surface area contributed by atoms with Gasteiger partial charge >= 0.3 is 0 Å². The maximum Gasteiger partial charge on any atom is 0.166 e. The first kappa shape index (κ1) is 18.0. The average molecular weight is 318 g/mol. The summed E-state index contributed by atoms with van der Waals surface area (Å²) >= 11 is 0. The molecule has 0 aromatic heterocycles. The van der Waals surface area contributed by atoms with Crippen molar-refractivity contribution in [1.29, 1.82) is 0 Å². The summed E-state index contributed by atoms with van der Waals surface area (Å²) in [7, 11) is 0. The van der Waals surface area contributed by atoms with Crippen LogP contribution in [0.25, 0.3) is 0 Å². The predicted molar refractivity (Wildman–Crippen MR) is 95.3 cm³/mol. The van der Waals surface area contributed by atoms with Gasteiger partial charge < -0.3 is 15.3 Å². The summed E-state index contributed by atoms with van der Waals surface area (Å²) < 4.78 is 0. The lowest BCUT2D eigenvalue weighted by Crippen LogP contribution is -2.35. The van der Waals surface area contributed by atoms with Crippen molar-refractivity contribution in [3.8, 4) is 0 Å². The molecule has 2 N–H and O–H groups in total. The largest absolute Gasteiger partial charge is 0.395 e. The molecule has 0 spiro atoms. The minimum absolute atomic E-state index is 0.0742. The lowest BCUT2D eigenvalue weighted by molar-refractivity contribution is 0.0970. The minimum atomic E-state index is 0.0742. The van der Waals surface area contributed by atoms with Gasteiger partial charge in [-0.3, -0.25) is 4.79 Å². The first-order valence-electron chi connectivity index (χ1n) is 8.74.